The molecule has 19 heavy (non-hydrogen) atoms. The Bertz CT molecular complexity index is 432. The van der Waals surface area contributed by atoms with E-state index in [-0.39, 0.29) is 0 Å². The molecule has 2 rings (SSSR count). The Hall–Kier alpha value is -0.640. The van der Waals surface area contributed by atoms with Gasteiger partial charge in [-0.3, -0.25) is 0 Å². The van der Waals surface area contributed by atoms with E-state index in [0.717, 1.165) is 16.2 Å². The van der Waals surface area contributed by atoms with E-state index in [1.165, 1.54) is 19.3 Å². The van der Waals surface area contributed by atoms with Crippen LogP contribution in [0.2, 0.25) is 0 Å². The molecule has 0 radical (unpaired) electrons. The number of aromatic nitrogens is 2. The summed E-state index contributed by atoms with van der Waals surface area (Å²) in [7, 11) is 0. The molecule has 0 aliphatic heterocycles. The molecule has 0 spiro atoms. The van der Waals surface area contributed by atoms with Gasteiger partial charge in [0.05, 0.1) is 0 Å². The highest BCUT2D eigenvalue weighted by Crippen LogP contribution is 2.46. The molecule has 1 aliphatic carbocycles. The van der Waals surface area contributed by atoms with Crippen LogP contribution in [0.5, 0.6) is 0 Å². The first-order chi connectivity index (χ1) is 8.65. The van der Waals surface area contributed by atoms with Gasteiger partial charge in [0.2, 0.25) is 0 Å². The number of halogens is 1. The lowest BCUT2D eigenvalue weighted by molar-refractivity contribution is 0.105. The van der Waals surface area contributed by atoms with Gasteiger partial charge >= 0.3 is 0 Å². The number of rotatable bonds is 2. The summed E-state index contributed by atoms with van der Waals surface area (Å²) in [5, 5.41) is 3.59. The van der Waals surface area contributed by atoms with Crippen molar-refractivity contribution in [3.05, 3.63) is 16.5 Å². The fourth-order valence-corrected chi connectivity index (χ4v) is 4.24. The molecule has 1 aromatic rings. The van der Waals surface area contributed by atoms with Crippen LogP contribution in [0.3, 0.4) is 0 Å². The first kappa shape index (κ1) is 14.8. The van der Waals surface area contributed by atoms with Crippen LogP contribution >= 0.6 is 15.9 Å². The van der Waals surface area contributed by atoms with E-state index in [1.54, 1.807) is 0 Å². The highest BCUT2D eigenvalue weighted by atomic mass is 79.9. The van der Waals surface area contributed by atoms with Crippen molar-refractivity contribution in [1.29, 1.82) is 0 Å². The van der Waals surface area contributed by atoms with Gasteiger partial charge in [0.15, 0.2) is 0 Å². The van der Waals surface area contributed by atoms with E-state index >= 15 is 0 Å². The Balaban J connectivity index is 2.14. The van der Waals surface area contributed by atoms with Gasteiger partial charge < -0.3 is 5.32 Å². The largest absolute Gasteiger partial charge is 0.367 e. The van der Waals surface area contributed by atoms with Crippen molar-refractivity contribution in [3.8, 4) is 0 Å². The summed E-state index contributed by atoms with van der Waals surface area (Å²) >= 11 is 3.43. The zero-order chi connectivity index (χ0) is 14.3. The average Bonchev–Trinajstić information content (AvgIpc) is 2.08. The minimum Gasteiger partial charge on any atom is -0.367 e. The Labute approximate surface area is 124 Å². The van der Waals surface area contributed by atoms with Crippen molar-refractivity contribution in [2.75, 3.05) is 5.32 Å². The molecule has 106 valence electrons. The van der Waals surface area contributed by atoms with Gasteiger partial charge in [0.25, 0.3) is 0 Å². The molecule has 0 saturated heterocycles. The van der Waals surface area contributed by atoms with Gasteiger partial charge in [0.1, 0.15) is 16.2 Å². The maximum atomic E-state index is 4.47. The van der Waals surface area contributed by atoms with Gasteiger partial charge in [-0.25, -0.2) is 9.97 Å². The van der Waals surface area contributed by atoms with E-state index in [0.29, 0.717) is 16.9 Å². The topological polar surface area (TPSA) is 37.8 Å². The standard InChI is InChI=1S/C15H24BrN3/c1-10-17-12(16)6-13(18-10)19-11-7-14(2,3)9-15(4,5)8-11/h6,11H,7-9H2,1-5H3,(H,17,18,19). The minimum atomic E-state index is 0.388. The summed E-state index contributed by atoms with van der Waals surface area (Å²) in [6, 6.07) is 2.45. The van der Waals surface area contributed by atoms with Crippen molar-refractivity contribution < 1.29 is 0 Å². The van der Waals surface area contributed by atoms with Crippen LogP contribution in [0.25, 0.3) is 0 Å². The van der Waals surface area contributed by atoms with Gasteiger partial charge in [-0.2, -0.15) is 0 Å². The molecule has 4 heteroatoms. The van der Waals surface area contributed by atoms with Gasteiger partial charge in [0, 0.05) is 12.1 Å². The second-order valence-electron chi connectivity index (χ2n) is 7.38. The molecular weight excluding hydrogens is 302 g/mol. The summed E-state index contributed by atoms with van der Waals surface area (Å²) in [5.74, 6) is 1.73. The van der Waals surface area contributed by atoms with Crippen molar-refractivity contribution in [2.24, 2.45) is 10.8 Å². The van der Waals surface area contributed by atoms with E-state index < -0.39 is 0 Å². The van der Waals surface area contributed by atoms with Crippen LogP contribution in [-0.2, 0) is 0 Å². The SMILES string of the molecule is Cc1nc(Br)cc(NC2CC(C)(C)CC(C)(C)C2)n1. The van der Waals surface area contributed by atoms with Gasteiger partial charge in [-0.05, 0) is 52.9 Å². The molecule has 1 heterocycles. The van der Waals surface area contributed by atoms with Crippen LogP contribution in [0.1, 0.15) is 52.8 Å². The molecule has 0 aromatic carbocycles. The van der Waals surface area contributed by atoms with Crippen molar-refractivity contribution in [3.63, 3.8) is 0 Å². The van der Waals surface area contributed by atoms with E-state index in [9.17, 15) is 0 Å². The predicted octanol–water partition coefficient (Wildman–Crippen LogP) is 4.56. The molecule has 1 fully saturated rings. The zero-order valence-corrected chi connectivity index (χ0v) is 14.1. The molecule has 1 N–H and O–H groups in total. The zero-order valence-electron chi connectivity index (χ0n) is 12.5. The quantitative estimate of drug-likeness (QED) is 0.809. The number of aryl methyl sites for hydroxylation is 1. The Morgan fingerprint density at radius 1 is 1.16 bits per heavy atom. The minimum absolute atomic E-state index is 0.388. The lowest BCUT2D eigenvalue weighted by Gasteiger charge is -2.45. The maximum absolute atomic E-state index is 4.47. The summed E-state index contributed by atoms with van der Waals surface area (Å²) in [6.07, 6.45) is 3.67. The second-order valence-corrected chi connectivity index (χ2v) is 8.19. The molecule has 0 unspecified atom stereocenters. The summed E-state index contributed by atoms with van der Waals surface area (Å²) in [4.78, 5) is 8.72. The van der Waals surface area contributed by atoms with Crippen LogP contribution in [-0.4, -0.2) is 16.0 Å². The number of hydrogen-bond acceptors (Lipinski definition) is 3. The lowest BCUT2D eigenvalue weighted by atomic mass is 9.63. The van der Waals surface area contributed by atoms with Crippen LogP contribution in [0, 0.1) is 17.8 Å². The first-order valence-electron chi connectivity index (χ1n) is 6.93. The second kappa shape index (κ2) is 5.04. The number of anilines is 1. The summed E-state index contributed by atoms with van der Waals surface area (Å²) < 4.78 is 0.844. The van der Waals surface area contributed by atoms with Gasteiger partial charge in [-0.15, -0.1) is 0 Å². The third kappa shape index (κ3) is 4.16. The van der Waals surface area contributed by atoms with Crippen molar-refractivity contribution in [1.82, 2.24) is 9.97 Å². The summed E-state index contributed by atoms with van der Waals surface area (Å²) in [6.45, 7) is 11.4. The molecule has 0 amide bonds. The first-order valence-corrected chi connectivity index (χ1v) is 7.72. The van der Waals surface area contributed by atoms with E-state index in [2.05, 4.69) is 58.9 Å². The maximum Gasteiger partial charge on any atom is 0.131 e. The van der Waals surface area contributed by atoms with Crippen molar-refractivity contribution in [2.45, 2.75) is 59.9 Å². The van der Waals surface area contributed by atoms with Gasteiger partial charge in [-0.1, -0.05) is 27.7 Å². The van der Waals surface area contributed by atoms with Crippen LogP contribution in [0.15, 0.2) is 10.7 Å². The average molecular weight is 326 g/mol. The Kier molecular flexibility index (Phi) is 3.92. The van der Waals surface area contributed by atoms with E-state index in [1.807, 2.05) is 13.0 Å². The normalized spacial score (nSPS) is 22.2. The predicted molar refractivity (Wildman–Crippen MR) is 83.3 cm³/mol. The fourth-order valence-electron chi connectivity index (χ4n) is 3.76. The highest BCUT2D eigenvalue weighted by molar-refractivity contribution is 9.10. The fraction of sp³-hybridized carbons (Fsp3) is 0.733. The molecule has 0 atom stereocenters. The number of nitrogens with one attached hydrogen (secondary N) is 1. The number of hydrogen-bond donors (Lipinski definition) is 1. The Morgan fingerprint density at radius 2 is 1.74 bits per heavy atom. The molecule has 1 aliphatic rings. The third-order valence-electron chi connectivity index (χ3n) is 3.71. The monoisotopic (exact) mass is 325 g/mol. The van der Waals surface area contributed by atoms with Crippen LogP contribution in [0.4, 0.5) is 5.82 Å². The lowest BCUT2D eigenvalue weighted by Crippen LogP contribution is -2.40. The molecule has 3 nitrogen and oxygen atoms in total. The van der Waals surface area contributed by atoms with Crippen LogP contribution < -0.4 is 5.32 Å². The van der Waals surface area contributed by atoms with E-state index in [4.69, 9.17) is 0 Å². The molecular formula is C15H24BrN3. The molecule has 1 saturated carbocycles. The number of nitrogens with zero attached hydrogens (tertiary/aromatic N) is 2. The van der Waals surface area contributed by atoms with Crippen molar-refractivity contribution >= 4 is 21.7 Å². The molecule has 0 bridgehead atoms. The molecule has 1 aromatic heterocycles. The third-order valence-corrected chi connectivity index (χ3v) is 4.12. The summed E-state index contributed by atoms with van der Waals surface area (Å²) in [5.41, 5.74) is 0.775. The highest BCUT2D eigenvalue weighted by Gasteiger charge is 2.38. The smallest absolute Gasteiger partial charge is 0.131 e. The Morgan fingerprint density at radius 3 is 2.26 bits per heavy atom.